The van der Waals surface area contributed by atoms with Crippen LogP contribution in [0.3, 0.4) is 0 Å². The summed E-state index contributed by atoms with van der Waals surface area (Å²) in [7, 11) is 2.75. The van der Waals surface area contributed by atoms with Crippen LogP contribution >= 0.6 is 0 Å². The lowest BCUT2D eigenvalue weighted by Crippen LogP contribution is -2.44. The number of esters is 1. The van der Waals surface area contributed by atoms with Crippen molar-refractivity contribution in [3.05, 3.63) is 29.8 Å². The lowest BCUT2D eigenvalue weighted by atomic mass is 10.1. The van der Waals surface area contributed by atoms with Crippen molar-refractivity contribution in [2.75, 3.05) is 20.8 Å². The van der Waals surface area contributed by atoms with Crippen LogP contribution in [0.4, 0.5) is 0 Å². The number of aliphatic hydroxyl groups is 1. The highest BCUT2D eigenvalue weighted by Gasteiger charge is 2.20. The van der Waals surface area contributed by atoms with Crippen LogP contribution in [-0.4, -0.2) is 43.9 Å². The fourth-order valence-electron chi connectivity index (χ4n) is 1.50. The monoisotopic (exact) mass is 267 g/mol. The van der Waals surface area contributed by atoms with Gasteiger partial charge in [-0.15, -0.1) is 0 Å². The summed E-state index contributed by atoms with van der Waals surface area (Å²) in [6, 6.07) is 5.96. The third-order valence-corrected chi connectivity index (χ3v) is 2.53. The maximum absolute atomic E-state index is 11.7. The summed E-state index contributed by atoms with van der Waals surface area (Å²) in [6.07, 6.45) is 0.109. The lowest BCUT2D eigenvalue weighted by molar-refractivity contribution is -0.146. The Bertz CT molecular complexity index is 429. The number of amides is 1. The Balaban J connectivity index is 2.56. The molecule has 0 fully saturated rings. The Morgan fingerprint density at radius 1 is 1.26 bits per heavy atom. The zero-order chi connectivity index (χ0) is 14.3. The fourth-order valence-corrected chi connectivity index (χ4v) is 1.50. The first kappa shape index (κ1) is 15.0. The van der Waals surface area contributed by atoms with Gasteiger partial charge in [0.15, 0.2) is 6.04 Å². The first-order valence-corrected chi connectivity index (χ1v) is 5.71. The molecule has 1 aromatic carbocycles. The van der Waals surface area contributed by atoms with E-state index in [1.54, 1.807) is 31.4 Å². The van der Waals surface area contributed by atoms with E-state index in [1.165, 1.54) is 7.11 Å². The topological polar surface area (TPSA) is 84.9 Å². The molecule has 6 nitrogen and oxygen atoms in total. The number of carbonyl (C=O) groups excluding carboxylic acids is 2. The van der Waals surface area contributed by atoms with Gasteiger partial charge in [0, 0.05) is 0 Å². The van der Waals surface area contributed by atoms with E-state index in [1.807, 2.05) is 0 Å². The van der Waals surface area contributed by atoms with E-state index in [2.05, 4.69) is 10.1 Å². The molecule has 19 heavy (non-hydrogen) atoms. The highest BCUT2D eigenvalue weighted by molar-refractivity contribution is 5.85. The van der Waals surface area contributed by atoms with Gasteiger partial charge in [-0.05, 0) is 17.7 Å². The summed E-state index contributed by atoms with van der Waals surface area (Å²) < 4.78 is 9.46. The highest BCUT2D eigenvalue weighted by Crippen LogP contribution is 2.11. The number of benzene rings is 1. The van der Waals surface area contributed by atoms with E-state index in [0.717, 1.165) is 5.56 Å². The van der Waals surface area contributed by atoms with E-state index in [4.69, 9.17) is 9.84 Å². The van der Waals surface area contributed by atoms with E-state index in [0.29, 0.717) is 5.75 Å². The third-order valence-electron chi connectivity index (χ3n) is 2.53. The second-order valence-corrected chi connectivity index (χ2v) is 3.85. The van der Waals surface area contributed by atoms with Crippen LogP contribution in [0.25, 0.3) is 0 Å². The summed E-state index contributed by atoms with van der Waals surface area (Å²) >= 11 is 0. The van der Waals surface area contributed by atoms with Gasteiger partial charge in [-0.1, -0.05) is 12.1 Å². The predicted molar refractivity (Wildman–Crippen MR) is 67.7 cm³/mol. The summed E-state index contributed by atoms with van der Waals surface area (Å²) in [4.78, 5) is 22.9. The van der Waals surface area contributed by atoms with Gasteiger partial charge in [0.05, 0.1) is 27.2 Å². The van der Waals surface area contributed by atoms with Gasteiger partial charge < -0.3 is 19.9 Å². The van der Waals surface area contributed by atoms with Crippen LogP contribution in [0, 0.1) is 0 Å². The standard InChI is InChI=1S/C13H17NO5/c1-18-10-5-3-9(4-6-10)7-12(16)14-11(8-15)13(17)19-2/h3-6,11,15H,7-8H2,1-2H3,(H,14,16)/t11-/m1/s1. The van der Waals surface area contributed by atoms with E-state index < -0.39 is 18.6 Å². The van der Waals surface area contributed by atoms with Crippen molar-refractivity contribution in [1.82, 2.24) is 5.32 Å². The number of carbonyl (C=O) groups is 2. The minimum atomic E-state index is -1.03. The van der Waals surface area contributed by atoms with Crippen LogP contribution in [0.15, 0.2) is 24.3 Å². The molecule has 0 aromatic heterocycles. The zero-order valence-corrected chi connectivity index (χ0v) is 10.9. The van der Waals surface area contributed by atoms with Crippen molar-refractivity contribution in [1.29, 1.82) is 0 Å². The molecular formula is C13H17NO5. The van der Waals surface area contributed by atoms with Crippen LogP contribution in [0.2, 0.25) is 0 Å². The molecule has 0 spiro atoms. The van der Waals surface area contributed by atoms with Gasteiger partial charge in [-0.25, -0.2) is 4.79 Å². The van der Waals surface area contributed by atoms with E-state index >= 15 is 0 Å². The maximum Gasteiger partial charge on any atom is 0.330 e. The quantitative estimate of drug-likeness (QED) is 0.702. The lowest BCUT2D eigenvalue weighted by Gasteiger charge is -2.13. The van der Waals surface area contributed by atoms with E-state index in [-0.39, 0.29) is 12.3 Å². The minimum absolute atomic E-state index is 0.109. The Labute approximate surface area is 111 Å². The van der Waals surface area contributed by atoms with Crippen molar-refractivity contribution in [2.45, 2.75) is 12.5 Å². The number of methoxy groups -OCH3 is 2. The second kappa shape index (κ2) is 7.38. The molecule has 0 saturated heterocycles. The molecule has 0 bridgehead atoms. The largest absolute Gasteiger partial charge is 0.497 e. The molecule has 0 unspecified atom stereocenters. The predicted octanol–water partition coefficient (Wildman–Crippen LogP) is -0.112. The number of ether oxygens (including phenoxy) is 2. The van der Waals surface area contributed by atoms with Gasteiger partial charge in [0.1, 0.15) is 5.75 Å². The molecule has 1 atom stereocenters. The number of nitrogens with one attached hydrogen (secondary N) is 1. The first-order chi connectivity index (χ1) is 9.10. The SMILES string of the molecule is COC(=O)[C@@H](CO)NC(=O)Cc1ccc(OC)cc1. The van der Waals surface area contributed by atoms with Crippen LogP contribution in [0.5, 0.6) is 5.75 Å². The smallest absolute Gasteiger partial charge is 0.330 e. The molecule has 0 aliphatic rings. The molecule has 0 radical (unpaired) electrons. The molecule has 0 heterocycles. The van der Waals surface area contributed by atoms with Gasteiger partial charge >= 0.3 is 5.97 Å². The van der Waals surface area contributed by atoms with Crippen molar-refractivity contribution in [2.24, 2.45) is 0 Å². The summed E-state index contributed by atoms with van der Waals surface area (Å²) in [6.45, 7) is -0.499. The summed E-state index contributed by atoms with van der Waals surface area (Å²) in [5.74, 6) is -0.341. The molecule has 0 saturated carbocycles. The Morgan fingerprint density at radius 3 is 2.37 bits per heavy atom. The summed E-state index contributed by atoms with van der Waals surface area (Å²) in [5, 5.41) is 11.4. The molecule has 1 aromatic rings. The molecule has 1 rings (SSSR count). The van der Waals surface area contributed by atoms with Crippen molar-refractivity contribution >= 4 is 11.9 Å². The van der Waals surface area contributed by atoms with Gasteiger partial charge in [0.25, 0.3) is 0 Å². The average molecular weight is 267 g/mol. The van der Waals surface area contributed by atoms with Crippen molar-refractivity contribution in [3.8, 4) is 5.75 Å². The van der Waals surface area contributed by atoms with Gasteiger partial charge in [-0.3, -0.25) is 4.79 Å². The fraction of sp³-hybridized carbons (Fsp3) is 0.385. The molecule has 0 aliphatic heterocycles. The molecule has 104 valence electrons. The summed E-state index contributed by atoms with van der Waals surface area (Å²) in [5.41, 5.74) is 0.778. The Kier molecular flexibility index (Phi) is 5.81. The minimum Gasteiger partial charge on any atom is -0.497 e. The van der Waals surface area contributed by atoms with Crippen molar-refractivity contribution in [3.63, 3.8) is 0 Å². The molecule has 0 aliphatic carbocycles. The van der Waals surface area contributed by atoms with Gasteiger partial charge in [-0.2, -0.15) is 0 Å². The van der Waals surface area contributed by atoms with Crippen molar-refractivity contribution < 1.29 is 24.2 Å². The van der Waals surface area contributed by atoms with Crippen LogP contribution in [0.1, 0.15) is 5.56 Å². The van der Waals surface area contributed by atoms with Crippen LogP contribution in [-0.2, 0) is 20.7 Å². The molecule has 1 amide bonds. The number of hydrogen-bond acceptors (Lipinski definition) is 5. The second-order valence-electron chi connectivity index (χ2n) is 3.85. The number of rotatable bonds is 6. The molecule has 2 N–H and O–H groups in total. The van der Waals surface area contributed by atoms with E-state index in [9.17, 15) is 9.59 Å². The normalized spacial score (nSPS) is 11.5. The number of aliphatic hydroxyl groups excluding tert-OH is 1. The molecule has 6 heteroatoms. The third kappa shape index (κ3) is 4.59. The number of hydrogen-bond donors (Lipinski definition) is 2. The van der Waals surface area contributed by atoms with Gasteiger partial charge in [0.2, 0.25) is 5.91 Å². The Hall–Kier alpha value is -2.08. The maximum atomic E-state index is 11.7. The first-order valence-electron chi connectivity index (χ1n) is 5.71. The Morgan fingerprint density at radius 2 is 1.89 bits per heavy atom. The average Bonchev–Trinajstić information content (AvgIpc) is 2.44. The molecular weight excluding hydrogens is 250 g/mol. The zero-order valence-electron chi connectivity index (χ0n) is 10.9. The van der Waals surface area contributed by atoms with Crippen LogP contribution < -0.4 is 10.1 Å². The highest BCUT2D eigenvalue weighted by atomic mass is 16.5.